The molecule has 4 rings (SSSR count). The molecule has 7 heteroatoms. The molecule has 3 N–H and O–H groups in total. The predicted octanol–water partition coefficient (Wildman–Crippen LogP) is 3.03. The number of benzene rings is 3. The van der Waals surface area contributed by atoms with Crippen LogP contribution in [0.15, 0.2) is 65.6 Å². The minimum atomic E-state index is -2.67. The number of anilines is 3. The highest BCUT2D eigenvalue weighted by molar-refractivity contribution is 7.79. The second-order valence-electron chi connectivity index (χ2n) is 6.02. The Morgan fingerprint density at radius 1 is 0.852 bits per heavy atom. The van der Waals surface area contributed by atoms with Crippen LogP contribution in [-0.4, -0.2) is 20.3 Å². The maximum Gasteiger partial charge on any atom is 0.196 e. The maximum atomic E-state index is 13.1. The molecule has 1 aliphatic carbocycles. The lowest BCUT2D eigenvalue weighted by Crippen LogP contribution is -2.24. The molecule has 1 atom stereocenters. The number of carbonyl (C=O) groups is 2. The van der Waals surface area contributed by atoms with Gasteiger partial charge < -0.3 is 15.6 Å². The first kappa shape index (κ1) is 17.1. The molecule has 134 valence electrons. The van der Waals surface area contributed by atoms with Crippen molar-refractivity contribution in [1.82, 2.24) is 0 Å². The second-order valence-corrected chi connectivity index (χ2v) is 6.92. The molecule has 3 aromatic rings. The number of hydrogen-bond donors (Lipinski definition) is 2. The molecule has 0 aromatic heterocycles. The number of rotatable bonds is 3. The monoisotopic (exact) mass is 377 g/mol. The van der Waals surface area contributed by atoms with E-state index in [4.69, 9.17) is 5.73 Å². The van der Waals surface area contributed by atoms with E-state index in [-0.39, 0.29) is 44.3 Å². The van der Waals surface area contributed by atoms with Gasteiger partial charge in [0.1, 0.15) is 0 Å². The van der Waals surface area contributed by atoms with Crippen LogP contribution < -0.4 is 11.1 Å². The third kappa shape index (κ3) is 2.73. The first-order chi connectivity index (χ1) is 13.0. The molecule has 0 spiro atoms. The Balaban J connectivity index is 2.01. The standard InChI is InChI=1S/C20H14N2O4S/c21-18-15(27(25)26)10-14(22-11-6-2-1-3-7-11)16-17(18)20(24)13-9-5-4-8-12(13)19(16)23/h1-10,22H,21H2,(H,25,26)/p-1. The predicted molar refractivity (Wildman–Crippen MR) is 101 cm³/mol. The van der Waals surface area contributed by atoms with Crippen molar-refractivity contribution in [3.63, 3.8) is 0 Å². The van der Waals surface area contributed by atoms with Crippen molar-refractivity contribution in [2.75, 3.05) is 11.1 Å². The number of ketones is 2. The van der Waals surface area contributed by atoms with E-state index in [1.165, 1.54) is 12.1 Å². The summed E-state index contributed by atoms with van der Waals surface area (Å²) in [6, 6.07) is 16.6. The van der Waals surface area contributed by atoms with Gasteiger partial charge in [-0.15, -0.1) is 0 Å². The van der Waals surface area contributed by atoms with Crippen LogP contribution in [0.4, 0.5) is 17.1 Å². The van der Waals surface area contributed by atoms with E-state index in [0.717, 1.165) is 0 Å². The van der Waals surface area contributed by atoms with E-state index >= 15 is 0 Å². The van der Waals surface area contributed by atoms with Crippen molar-refractivity contribution in [3.8, 4) is 0 Å². The molecule has 0 fully saturated rings. The molecule has 27 heavy (non-hydrogen) atoms. The Morgan fingerprint density at radius 2 is 1.41 bits per heavy atom. The zero-order chi connectivity index (χ0) is 19.1. The molecule has 0 heterocycles. The average molecular weight is 377 g/mol. The van der Waals surface area contributed by atoms with E-state index in [9.17, 15) is 18.4 Å². The van der Waals surface area contributed by atoms with Gasteiger partial charge in [-0.1, -0.05) is 42.5 Å². The number of nitrogen functional groups attached to an aromatic ring is 1. The van der Waals surface area contributed by atoms with Gasteiger partial charge in [0.2, 0.25) is 0 Å². The molecule has 6 nitrogen and oxygen atoms in total. The van der Waals surface area contributed by atoms with E-state index in [2.05, 4.69) is 5.32 Å². The van der Waals surface area contributed by atoms with Gasteiger partial charge >= 0.3 is 0 Å². The van der Waals surface area contributed by atoms with Gasteiger partial charge in [0, 0.05) is 16.8 Å². The summed E-state index contributed by atoms with van der Waals surface area (Å²) < 4.78 is 23.3. The highest BCUT2D eigenvalue weighted by atomic mass is 32.2. The summed E-state index contributed by atoms with van der Waals surface area (Å²) in [7, 11) is 0. The first-order valence-electron chi connectivity index (χ1n) is 8.05. The minimum absolute atomic E-state index is 0.0780. The minimum Gasteiger partial charge on any atom is -0.768 e. The molecule has 3 aromatic carbocycles. The van der Waals surface area contributed by atoms with Crippen LogP contribution in [0.3, 0.4) is 0 Å². The van der Waals surface area contributed by atoms with Crippen molar-refractivity contribution >= 4 is 39.7 Å². The zero-order valence-electron chi connectivity index (χ0n) is 13.9. The van der Waals surface area contributed by atoms with Crippen LogP contribution in [0, 0.1) is 0 Å². The number of hydrogen-bond acceptors (Lipinski definition) is 6. The number of fused-ring (bicyclic) bond motifs is 2. The van der Waals surface area contributed by atoms with E-state index in [0.29, 0.717) is 5.69 Å². The smallest absolute Gasteiger partial charge is 0.196 e. The molecular weight excluding hydrogens is 364 g/mol. The lowest BCUT2D eigenvalue weighted by atomic mass is 9.82. The number of para-hydroxylation sites is 1. The topological polar surface area (TPSA) is 112 Å². The van der Waals surface area contributed by atoms with Gasteiger partial charge in [-0.3, -0.25) is 13.8 Å². The molecule has 0 aliphatic heterocycles. The second kappa shape index (κ2) is 6.46. The SMILES string of the molecule is Nc1c(S(=O)[O-])cc(Nc2ccccc2)c2c1C(=O)c1ccccc1C2=O. The molecule has 0 radical (unpaired) electrons. The summed E-state index contributed by atoms with van der Waals surface area (Å²) in [6.45, 7) is 0. The Hall–Kier alpha value is -3.29. The van der Waals surface area contributed by atoms with Crippen LogP contribution in [0.2, 0.25) is 0 Å². The quantitative estimate of drug-likeness (QED) is 0.419. The highest BCUT2D eigenvalue weighted by Crippen LogP contribution is 2.39. The molecule has 1 unspecified atom stereocenters. The Morgan fingerprint density at radius 3 is 2.00 bits per heavy atom. The summed E-state index contributed by atoms with van der Waals surface area (Å²) in [5.41, 5.74) is 7.10. The van der Waals surface area contributed by atoms with Gasteiger partial charge in [0.25, 0.3) is 0 Å². The van der Waals surface area contributed by atoms with Crippen LogP contribution >= 0.6 is 0 Å². The van der Waals surface area contributed by atoms with E-state index < -0.39 is 16.9 Å². The lowest BCUT2D eigenvalue weighted by Gasteiger charge is -2.24. The van der Waals surface area contributed by atoms with Crippen LogP contribution in [0.5, 0.6) is 0 Å². The molecular formula is C20H13N2O4S-. The summed E-state index contributed by atoms with van der Waals surface area (Å²) >= 11 is -2.67. The largest absolute Gasteiger partial charge is 0.768 e. The van der Waals surface area contributed by atoms with Crippen LogP contribution in [-0.2, 0) is 11.1 Å². The van der Waals surface area contributed by atoms with Gasteiger partial charge in [-0.2, -0.15) is 0 Å². The normalized spacial score (nSPS) is 13.7. The van der Waals surface area contributed by atoms with E-state index in [1.807, 2.05) is 6.07 Å². The Bertz CT molecular complexity index is 1130. The fourth-order valence-electron chi connectivity index (χ4n) is 3.21. The third-order valence-corrected chi connectivity index (χ3v) is 5.13. The molecule has 0 amide bonds. The van der Waals surface area contributed by atoms with Crippen molar-refractivity contribution in [3.05, 3.63) is 82.9 Å². The van der Waals surface area contributed by atoms with Crippen LogP contribution in [0.25, 0.3) is 0 Å². The van der Waals surface area contributed by atoms with Gasteiger partial charge in [-0.25, -0.2) is 0 Å². The van der Waals surface area contributed by atoms with Gasteiger partial charge in [0.05, 0.1) is 27.4 Å². The van der Waals surface area contributed by atoms with Crippen LogP contribution in [0.1, 0.15) is 31.8 Å². The zero-order valence-corrected chi connectivity index (χ0v) is 14.7. The Labute approximate surface area is 157 Å². The number of carbonyl (C=O) groups excluding carboxylic acids is 2. The fraction of sp³-hybridized carbons (Fsp3) is 0. The first-order valence-corrected chi connectivity index (χ1v) is 9.12. The summed E-state index contributed by atoms with van der Waals surface area (Å²) in [5.74, 6) is -0.852. The molecule has 0 saturated carbocycles. The fourth-order valence-corrected chi connectivity index (χ4v) is 3.70. The van der Waals surface area contributed by atoms with Crippen molar-refractivity contribution in [1.29, 1.82) is 0 Å². The maximum absolute atomic E-state index is 13.1. The molecule has 1 aliphatic rings. The molecule has 0 bridgehead atoms. The Kier molecular flexibility index (Phi) is 4.10. The van der Waals surface area contributed by atoms with Crippen molar-refractivity contribution in [2.45, 2.75) is 4.90 Å². The highest BCUT2D eigenvalue weighted by Gasteiger charge is 2.34. The van der Waals surface area contributed by atoms with Gasteiger partial charge in [-0.05, 0) is 29.3 Å². The summed E-state index contributed by atoms with van der Waals surface area (Å²) in [6.07, 6.45) is 0. The summed E-state index contributed by atoms with van der Waals surface area (Å²) in [5, 5.41) is 3.03. The van der Waals surface area contributed by atoms with Gasteiger partial charge in [0.15, 0.2) is 11.6 Å². The van der Waals surface area contributed by atoms with Crippen molar-refractivity contribution in [2.24, 2.45) is 0 Å². The molecule has 0 saturated heterocycles. The number of nitrogens with two attached hydrogens (primary N) is 1. The third-order valence-electron chi connectivity index (χ3n) is 4.43. The summed E-state index contributed by atoms with van der Waals surface area (Å²) in [4.78, 5) is 25.9. The average Bonchev–Trinajstić information content (AvgIpc) is 2.67. The number of nitrogens with one attached hydrogen (secondary N) is 1. The lowest BCUT2D eigenvalue weighted by molar-refractivity contribution is 0.0980. The van der Waals surface area contributed by atoms with E-state index in [1.54, 1.807) is 42.5 Å². The van der Waals surface area contributed by atoms with Crippen molar-refractivity contribution < 1.29 is 18.4 Å².